The predicted molar refractivity (Wildman–Crippen MR) is 64.2 cm³/mol. The van der Waals surface area contributed by atoms with Crippen LogP contribution < -0.4 is 5.32 Å². The molecule has 0 amide bonds. The van der Waals surface area contributed by atoms with Gasteiger partial charge in [-0.2, -0.15) is 0 Å². The Morgan fingerprint density at radius 3 is 2.93 bits per heavy atom. The van der Waals surface area contributed by atoms with Gasteiger partial charge in [-0.05, 0) is 39.8 Å². The van der Waals surface area contributed by atoms with Crippen LogP contribution in [0, 0.1) is 0 Å². The largest absolute Gasteiger partial charge is 0.379 e. The zero-order valence-electron chi connectivity index (χ0n) is 10.5. The maximum absolute atomic E-state index is 5.45. The molecule has 1 aliphatic rings. The molecule has 1 N–H and O–H groups in total. The molecule has 1 fully saturated rings. The Kier molecular flexibility index (Phi) is 6.22. The third-order valence-corrected chi connectivity index (χ3v) is 3.15. The summed E-state index contributed by atoms with van der Waals surface area (Å²) < 4.78 is 5.45. The van der Waals surface area contributed by atoms with Crippen LogP contribution in [0.5, 0.6) is 0 Å². The fraction of sp³-hybridized carbons (Fsp3) is 1.00. The van der Waals surface area contributed by atoms with Gasteiger partial charge in [-0.1, -0.05) is 6.92 Å². The first-order valence-electron chi connectivity index (χ1n) is 6.30. The molecule has 0 spiro atoms. The quantitative estimate of drug-likeness (QED) is 0.678. The molecule has 1 aliphatic heterocycles. The predicted octanol–water partition coefficient (Wildman–Crippen LogP) is 1.49. The third kappa shape index (κ3) is 4.49. The van der Waals surface area contributed by atoms with Crippen molar-refractivity contribution in [1.29, 1.82) is 0 Å². The number of nitrogens with zero attached hydrogens (tertiary/aromatic N) is 1. The molecule has 90 valence electrons. The van der Waals surface area contributed by atoms with E-state index in [-0.39, 0.29) is 0 Å². The Balaban J connectivity index is 2.16. The van der Waals surface area contributed by atoms with Crippen LogP contribution in [0.4, 0.5) is 0 Å². The van der Waals surface area contributed by atoms with Gasteiger partial charge >= 0.3 is 0 Å². The number of ether oxygens (including phenoxy) is 1. The van der Waals surface area contributed by atoms with E-state index in [2.05, 4.69) is 31.0 Å². The van der Waals surface area contributed by atoms with Crippen molar-refractivity contribution in [2.75, 3.05) is 32.8 Å². The zero-order chi connectivity index (χ0) is 11.1. The smallest absolute Gasteiger partial charge is 0.0619 e. The lowest BCUT2D eigenvalue weighted by atomic mass is 10.1. The summed E-state index contributed by atoms with van der Waals surface area (Å²) >= 11 is 0. The van der Waals surface area contributed by atoms with E-state index < -0.39 is 0 Å². The molecule has 0 aromatic heterocycles. The van der Waals surface area contributed by atoms with E-state index in [9.17, 15) is 0 Å². The van der Waals surface area contributed by atoms with Gasteiger partial charge in [0.15, 0.2) is 0 Å². The molecule has 2 unspecified atom stereocenters. The fourth-order valence-corrected chi connectivity index (χ4v) is 2.17. The van der Waals surface area contributed by atoms with E-state index >= 15 is 0 Å². The van der Waals surface area contributed by atoms with Gasteiger partial charge < -0.3 is 10.1 Å². The van der Waals surface area contributed by atoms with Crippen molar-refractivity contribution >= 4 is 0 Å². The van der Waals surface area contributed by atoms with Crippen LogP contribution in [0.1, 0.15) is 33.6 Å². The lowest BCUT2D eigenvalue weighted by Crippen LogP contribution is -2.48. The minimum Gasteiger partial charge on any atom is -0.379 e. The van der Waals surface area contributed by atoms with Crippen LogP contribution in [0.3, 0.4) is 0 Å². The lowest BCUT2D eigenvalue weighted by Gasteiger charge is -2.38. The summed E-state index contributed by atoms with van der Waals surface area (Å²) in [5, 5.41) is 3.46. The minimum absolute atomic E-state index is 0.583. The van der Waals surface area contributed by atoms with Gasteiger partial charge in [0.2, 0.25) is 0 Å². The first kappa shape index (κ1) is 12.9. The highest BCUT2D eigenvalue weighted by atomic mass is 16.5. The molecular weight excluding hydrogens is 188 g/mol. The van der Waals surface area contributed by atoms with Crippen molar-refractivity contribution in [3.8, 4) is 0 Å². The van der Waals surface area contributed by atoms with Crippen molar-refractivity contribution < 1.29 is 4.74 Å². The first-order chi connectivity index (χ1) is 7.25. The van der Waals surface area contributed by atoms with Crippen LogP contribution in [0.25, 0.3) is 0 Å². The Hall–Kier alpha value is -0.120. The van der Waals surface area contributed by atoms with E-state index in [1.807, 2.05) is 0 Å². The highest BCUT2D eigenvalue weighted by Gasteiger charge is 2.22. The number of nitrogens with one attached hydrogen (secondary N) is 1. The molecule has 3 heteroatoms. The number of hydrogen-bond donors (Lipinski definition) is 1. The summed E-state index contributed by atoms with van der Waals surface area (Å²) in [6.07, 6.45) is 2.46. The highest BCUT2D eigenvalue weighted by Crippen LogP contribution is 2.12. The van der Waals surface area contributed by atoms with Gasteiger partial charge in [0.25, 0.3) is 0 Å². The van der Waals surface area contributed by atoms with Crippen LogP contribution in [-0.4, -0.2) is 49.8 Å². The van der Waals surface area contributed by atoms with Gasteiger partial charge in [-0.25, -0.2) is 0 Å². The molecular formula is C12H26N2O. The van der Waals surface area contributed by atoms with Crippen molar-refractivity contribution in [3.63, 3.8) is 0 Å². The molecule has 0 bridgehead atoms. The summed E-state index contributed by atoms with van der Waals surface area (Å²) in [7, 11) is 0. The summed E-state index contributed by atoms with van der Waals surface area (Å²) in [6.45, 7) is 12.0. The van der Waals surface area contributed by atoms with Gasteiger partial charge in [0, 0.05) is 18.6 Å². The van der Waals surface area contributed by atoms with Crippen molar-refractivity contribution in [3.05, 3.63) is 0 Å². The second kappa shape index (κ2) is 7.20. The van der Waals surface area contributed by atoms with Gasteiger partial charge in [0.05, 0.1) is 13.2 Å². The number of morpholine rings is 1. The third-order valence-electron chi connectivity index (χ3n) is 3.15. The standard InChI is InChI=1S/C12H26N2O/c1-4-6-13-7-5-11(2)14-8-9-15-10-12(14)3/h11-13H,4-10H2,1-3H3. The Morgan fingerprint density at radius 1 is 1.47 bits per heavy atom. The van der Waals surface area contributed by atoms with Gasteiger partial charge in [-0.3, -0.25) is 4.90 Å². The van der Waals surface area contributed by atoms with E-state index in [0.717, 1.165) is 32.8 Å². The molecule has 1 rings (SSSR count). The molecule has 0 radical (unpaired) electrons. The van der Waals surface area contributed by atoms with Crippen LogP contribution in [0.15, 0.2) is 0 Å². The van der Waals surface area contributed by atoms with Gasteiger partial charge in [0.1, 0.15) is 0 Å². The number of hydrogen-bond acceptors (Lipinski definition) is 3. The highest BCUT2D eigenvalue weighted by molar-refractivity contribution is 4.76. The zero-order valence-corrected chi connectivity index (χ0v) is 10.5. The maximum Gasteiger partial charge on any atom is 0.0619 e. The van der Waals surface area contributed by atoms with Crippen LogP contribution in [-0.2, 0) is 4.74 Å². The van der Waals surface area contributed by atoms with E-state index in [4.69, 9.17) is 4.74 Å². The molecule has 1 heterocycles. The molecule has 1 saturated heterocycles. The van der Waals surface area contributed by atoms with E-state index in [0.29, 0.717) is 12.1 Å². The summed E-state index contributed by atoms with van der Waals surface area (Å²) in [4.78, 5) is 2.57. The molecule has 0 aromatic carbocycles. The van der Waals surface area contributed by atoms with Crippen LogP contribution >= 0.6 is 0 Å². The molecule has 3 nitrogen and oxygen atoms in total. The van der Waals surface area contributed by atoms with Crippen LogP contribution in [0.2, 0.25) is 0 Å². The Bertz CT molecular complexity index is 164. The maximum atomic E-state index is 5.45. The lowest BCUT2D eigenvalue weighted by molar-refractivity contribution is -0.0197. The molecule has 0 aliphatic carbocycles. The minimum atomic E-state index is 0.583. The SMILES string of the molecule is CCCNCCC(C)N1CCOCC1C. The second-order valence-corrected chi connectivity index (χ2v) is 4.55. The monoisotopic (exact) mass is 214 g/mol. The van der Waals surface area contributed by atoms with E-state index in [1.54, 1.807) is 0 Å². The fourth-order valence-electron chi connectivity index (χ4n) is 2.17. The summed E-state index contributed by atoms with van der Waals surface area (Å²) in [5.41, 5.74) is 0. The van der Waals surface area contributed by atoms with Gasteiger partial charge in [-0.15, -0.1) is 0 Å². The van der Waals surface area contributed by atoms with E-state index in [1.165, 1.54) is 12.8 Å². The molecule has 0 aromatic rings. The first-order valence-corrected chi connectivity index (χ1v) is 6.30. The topological polar surface area (TPSA) is 24.5 Å². The summed E-state index contributed by atoms with van der Waals surface area (Å²) in [5.74, 6) is 0. The van der Waals surface area contributed by atoms with Crippen molar-refractivity contribution in [1.82, 2.24) is 10.2 Å². The molecule has 15 heavy (non-hydrogen) atoms. The van der Waals surface area contributed by atoms with Crippen molar-refractivity contribution in [2.24, 2.45) is 0 Å². The van der Waals surface area contributed by atoms with Crippen molar-refractivity contribution in [2.45, 2.75) is 45.7 Å². The Labute approximate surface area is 94.2 Å². The average Bonchev–Trinajstić information content (AvgIpc) is 2.25. The average molecular weight is 214 g/mol. The second-order valence-electron chi connectivity index (χ2n) is 4.55. The number of rotatable bonds is 6. The normalized spacial score (nSPS) is 25.4. The Morgan fingerprint density at radius 2 is 2.27 bits per heavy atom. The molecule has 0 saturated carbocycles. The molecule has 2 atom stereocenters. The summed E-state index contributed by atoms with van der Waals surface area (Å²) in [6, 6.07) is 1.26.